The van der Waals surface area contributed by atoms with Crippen LogP contribution in [-0.2, 0) is 9.47 Å². The third-order valence-corrected chi connectivity index (χ3v) is 4.74. The highest BCUT2D eigenvalue weighted by Crippen LogP contribution is 2.33. The van der Waals surface area contributed by atoms with Gasteiger partial charge in [-0.25, -0.2) is 0 Å². The van der Waals surface area contributed by atoms with Crippen molar-refractivity contribution in [2.45, 2.75) is 26.4 Å². The van der Waals surface area contributed by atoms with E-state index in [-0.39, 0.29) is 17.5 Å². The Morgan fingerprint density at radius 1 is 1.23 bits per heavy atom. The Morgan fingerprint density at radius 3 is 2.73 bits per heavy atom. The van der Waals surface area contributed by atoms with Gasteiger partial charge in [0.25, 0.3) is 0 Å². The first-order chi connectivity index (χ1) is 12.6. The van der Waals surface area contributed by atoms with Crippen LogP contribution >= 0.6 is 0 Å². The minimum Gasteiger partial charge on any atom is -0.500 e. The Bertz CT molecular complexity index is 910. The van der Waals surface area contributed by atoms with Crippen molar-refractivity contribution in [1.29, 1.82) is 0 Å². The quantitative estimate of drug-likeness (QED) is 0.854. The SMILES string of the molecule is CCCOc1cccc2c(=O)c(C3=C(OC)[C@H](C)C(OC)C=C3)c[nH]c12. The van der Waals surface area contributed by atoms with E-state index < -0.39 is 0 Å². The minimum absolute atomic E-state index is 0.0271. The highest BCUT2D eigenvalue weighted by Gasteiger charge is 2.27. The molecular formula is C21H25NO4. The number of rotatable bonds is 6. The van der Waals surface area contributed by atoms with E-state index in [0.29, 0.717) is 23.3 Å². The van der Waals surface area contributed by atoms with Gasteiger partial charge in [-0.15, -0.1) is 0 Å². The number of fused-ring (bicyclic) bond motifs is 1. The second kappa shape index (κ2) is 7.79. The van der Waals surface area contributed by atoms with Gasteiger partial charge in [0.1, 0.15) is 11.5 Å². The van der Waals surface area contributed by atoms with Gasteiger partial charge in [0.15, 0.2) is 5.43 Å². The Kier molecular flexibility index (Phi) is 5.47. The molecule has 1 aliphatic carbocycles. The number of para-hydroxylation sites is 1. The molecule has 1 heterocycles. The topological polar surface area (TPSA) is 60.6 Å². The largest absolute Gasteiger partial charge is 0.500 e. The maximum absolute atomic E-state index is 13.1. The van der Waals surface area contributed by atoms with Crippen molar-refractivity contribution in [3.63, 3.8) is 0 Å². The van der Waals surface area contributed by atoms with Gasteiger partial charge < -0.3 is 19.2 Å². The van der Waals surface area contributed by atoms with Crippen LogP contribution in [0.1, 0.15) is 25.8 Å². The maximum atomic E-state index is 13.1. The van der Waals surface area contributed by atoms with Crippen LogP contribution < -0.4 is 10.2 Å². The summed E-state index contributed by atoms with van der Waals surface area (Å²) in [4.78, 5) is 16.4. The molecule has 5 heteroatoms. The molecule has 1 unspecified atom stereocenters. The number of ether oxygens (including phenoxy) is 3. The molecule has 2 atom stereocenters. The van der Waals surface area contributed by atoms with Crippen LogP contribution in [0.15, 0.2) is 47.1 Å². The Hall–Kier alpha value is -2.53. The molecule has 0 spiro atoms. The fourth-order valence-corrected chi connectivity index (χ4v) is 3.39. The number of pyridine rings is 1. The van der Waals surface area contributed by atoms with Crippen molar-refractivity contribution in [3.05, 3.63) is 58.1 Å². The third kappa shape index (κ3) is 3.15. The molecule has 0 fully saturated rings. The molecular weight excluding hydrogens is 330 g/mol. The third-order valence-electron chi connectivity index (χ3n) is 4.74. The predicted octanol–water partition coefficient (Wildman–Crippen LogP) is 3.90. The van der Waals surface area contributed by atoms with Gasteiger partial charge in [0.2, 0.25) is 0 Å². The first kappa shape index (κ1) is 18.3. The summed E-state index contributed by atoms with van der Waals surface area (Å²) in [7, 11) is 3.30. The number of allylic oxidation sites excluding steroid dienone is 2. The fraction of sp³-hybridized carbons (Fsp3) is 0.381. The molecule has 5 nitrogen and oxygen atoms in total. The second-order valence-corrected chi connectivity index (χ2v) is 6.39. The fourth-order valence-electron chi connectivity index (χ4n) is 3.39. The lowest BCUT2D eigenvalue weighted by molar-refractivity contribution is 0.0830. The van der Waals surface area contributed by atoms with Crippen molar-refractivity contribution in [2.75, 3.05) is 20.8 Å². The van der Waals surface area contributed by atoms with E-state index >= 15 is 0 Å². The summed E-state index contributed by atoms with van der Waals surface area (Å²) in [6, 6.07) is 5.54. The molecule has 1 aromatic carbocycles. The number of benzene rings is 1. The Morgan fingerprint density at radius 2 is 2.04 bits per heavy atom. The number of hydrogen-bond donors (Lipinski definition) is 1. The van der Waals surface area contributed by atoms with E-state index in [1.165, 1.54) is 0 Å². The summed E-state index contributed by atoms with van der Waals surface area (Å²) >= 11 is 0. The van der Waals surface area contributed by atoms with Crippen LogP contribution in [0.2, 0.25) is 0 Å². The van der Waals surface area contributed by atoms with Gasteiger partial charge in [-0.1, -0.05) is 32.1 Å². The summed E-state index contributed by atoms with van der Waals surface area (Å²) in [6.45, 7) is 4.69. The maximum Gasteiger partial charge on any atom is 0.197 e. The van der Waals surface area contributed by atoms with Crippen LogP contribution in [0, 0.1) is 5.92 Å². The zero-order valence-electron chi connectivity index (χ0n) is 15.7. The molecule has 138 valence electrons. The van der Waals surface area contributed by atoms with E-state index in [4.69, 9.17) is 14.2 Å². The lowest BCUT2D eigenvalue weighted by Crippen LogP contribution is -2.25. The van der Waals surface area contributed by atoms with Gasteiger partial charge in [-0.05, 0) is 18.6 Å². The van der Waals surface area contributed by atoms with Crippen LogP contribution in [-0.4, -0.2) is 31.9 Å². The number of aromatic nitrogens is 1. The molecule has 0 saturated carbocycles. The van der Waals surface area contributed by atoms with E-state index in [1.54, 1.807) is 20.4 Å². The normalized spacial score (nSPS) is 19.8. The molecule has 0 aliphatic heterocycles. The average molecular weight is 355 g/mol. The monoisotopic (exact) mass is 355 g/mol. The number of H-pyrrole nitrogens is 1. The van der Waals surface area contributed by atoms with Gasteiger partial charge in [0.05, 0.1) is 25.3 Å². The molecule has 1 aromatic heterocycles. The van der Waals surface area contributed by atoms with E-state index in [2.05, 4.69) is 11.9 Å². The number of hydrogen-bond acceptors (Lipinski definition) is 4. The zero-order valence-corrected chi connectivity index (χ0v) is 15.7. The molecule has 26 heavy (non-hydrogen) atoms. The first-order valence-electron chi connectivity index (χ1n) is 8.89. The first-order valence-corrected chi connectivity index (χ1v) is 8.89. The van der Waals surface area contributed by atoms with E-state index in [1.807, 2.05) is 37.3 Å². The molecule has 3 rings (SSSR count). The zero-order chi connectivity index (χ0) is 18.7. The van der Waals surface area contributed by atoms with Crippen LogP contribution in [0.3, 0.4) is 0 Å². The Labute approximate surface area is 153 Å². The van der Waals surface area contributed by atoms with Crippen LogP contribution in [0.25, 0.3) is 16.5 Å². The highest BCUT2D eigenvalue weighted by atomic mass is 16.5. The summed E-state index contributed by atoms with van der Waals surface area (Å²) in [5, 5.41) is 0.606. The van der Waals surface area contributed by atoms with Crippen molar-refractivity contribution in [3.8, 4) is 5.75 Å². The van der Waals surface area contributed by atoms with Gasteiger partial charge in [-0.3, -0.25) is 4.79 Å². The molecule has 1 aliphatic rings. The number of methoxy groups -OCH3 is 2. The van der Waals surface area contributed by atoms with Crippen molar-refractivity contribution < 1.29 is 14.2 Å². The minimum atomic E-state index is -0.0673. The number of nitrogens with one attached hydrogen (secondary N) is 1. The molecule has 0 saturated heterocycles. The van der Waals surface area contributed by atoms with Gasteiger partial charge in [0, 0.05) is 35.7 Å². The van der Waals surface area contributed by atoms with Gasteiger partial charge in [-0.2, -0.15) is 0 Å². The molecule has 0 radical (unpaired) electrons. The summed E-state index contributed by atoms with van der Waals surface area (Å²) in [6.07, 6.45) is 6.45. The molecule has 0 amide bonds. The van der Waals surface area contributed by atoms with Crippen LogP contribution in [0.5, 0.6) is 5.75 Å². The van der Waals surface area contributed by atoms with Crippen molar-refractivity contribution in [2.24, 2.45) is 5.92 Å². The summed E-state index contributed by atoms with van der Waals surface area (Å²) < 4.78 is 16.8. The lowest BCUT2D eigenvalue weighted by Gasteiger charge is -2.27. The molecule has 0 bridgehead atoms. The summed E-state index contributed by atoms with van der Waals surface area (Å²) in [5.41, 5.74) is 2.05. The smallest absolute Gasteiger partial charge is 0.197 e. The second-order valence-electron chi connectivity index (χ2n) is 6.39. The van der Waals surface area contributed by atoms with Crippen LogP contribution in [0.4, 0.5) is 0 Å². The molecule has 1 N–H and O–H groups in total. The average Bonchev–Trinajstić information content (AvgIpc) is 2.66. The summed E-state index contributed by atoms with van der Waals surface area (Å²) in [5.74, 6) is 1.47. The van der Waals surface area contributed by atoms with Crippen molar-refractivity contribution in [1.82, 2.24) is 4.98 Å². The van der Waals surface area contributed by atoms with Crippen molar-refractivity contribution >= 4 is 16.5 Å². The number of aromatic amines is 1. The highest BCUT2D eigenvalue weighted by molar-refractivity contribution is 5.88. The van der Waals surface area contributed by atoms with E-state index in [9.17, 15) is 4.79 Å². The van der Waals surface area contributed by atoms with Gasteiger partial charge >= 0.3 is 0 Å². The van der Waals surface area contributed by atoms with E-state index in [0.717, 1.165) is 23.3 Å². The molecule has 2 aromatic rings. The lowest BCUT2D eigenvalue weighted by atomic mass is 9.89. The standard InChI is InChI=1S/C21H25NO4/c1-5-11-26-18-8-6-7-15-19(18)22-12-16(20(15)23)14-9-10-17(24-3)13(2)21(14)25-4/h6-10,12-13,17H,5,11H2,1-4H3,(H,22,23)/t13-,17?/m1/s1. The predicted molar refractivity (Wildman–Crippen MR) is 103 cm³/mol. The Balaban J connectivity index is 2.13.